The number of hydrogen-bond donors (Lipinski definition) is 1. The molecular weight excluding hydrogens is 248 g/mol. The Morgan fingerprint density at radius 2 is 1.85 bits per heavy atom. The van der Waals surface area contributed by atoms with Crippen LogP contribution in [-0.2, 0) is 0 Å². The summed E-state index contributed by atoms with van der Waals surface area (Å²) in [7, 11) is 0. The maximum absolute atomic E-state index is 4.57. The van der Waals surface area contributed by atoms with Gasteiger partial charge in [0.05, 0.1) is 18.1 Å². The third kappa shape index (κ3) is 3.30. The lowest BCUT2D eigenvalue weighted by Crippen LogP contribution is -2.19. The van der Waals surface area contributed by atoms with Gasteiger partial charge < -0.3 is 5.32 Å². The van der Waals surface area contributed by atoms with E-state index in [9.17, 15) is 0 Å². The first kappa shape index (κ1) is 14.8. The fourth-order valence-electron chi connectivity index (χ4n) is 2.62. The molecule has 2 rings (SSSR count). The van der Waals surface area contributed by atoms with Gasteiger partial charge in [0.2, 0.25) is 0 Å². The fourth-order valence-corrected chi connectivity index (χ4v) is 2.62. The molecule has 0 unspecified atom stereocenters. The molecule has 0 bridgehead atoms. The van der Waals surface area contributed by atoms with Gasteiger partial charge in [-0.15, -0.1) is 0 Å². The first-order valence-corrected chi connectivity index (χ1v) is 7.75. The Hall–Kier alpha value is -1.58. The molecule has 0 saturated carbocycles. The van der Waals surface area contributed by atoms with Crippen LogP contribution in [0.4, 0.5) is 5.69 Å². The number of nitrogens with one attached hydrogen (secondary N) is 1. The third-order valence-corrected chi connectivity index (χ3v) is 3.57. The number of nitrogens with zero attached hydrogens (tertiary/aromatic N) is 3. The molecule has 2 aromatic rings. The SMILES string of the molecule is CCCC(CCC)Nc1cnc2c(cnn2C(C)C)c1. The van der Waals surface area contributed by atoms with Crippen molar-refractivity contribution in [1.82, 2.24) is 14.8 Å². The molecule has 0 saturated heterocycles. The summed E-state index contributed by atoms with van der Waals surface area (Å²) in [6.45, 7) is 8.72. The molecule has 110 valence electrons. The predicted octanol–water partition coefficient (Wildman–Crippen LogP) is 4.39. The molecule has 0 spiro atoms. The largest absolute Gasteiger partial charge is 0.381 e. The van der Waals surface area contributed by atoms with Crippen LogP contribution >= 0.6 is 0 Å². The zero-order chi connectivity index (χ0) is 14.5. The van der Waals surface area contributed by atoms with Gasteiger partial charge in [-0.1, -0.05) is 26.7 Å². The van der Waals surface area contributed by atoms with Gasteiger partial charge >= 0.3 is 0 Å². The van der Waals surface area contributed by atoms with Crippen molar-refractivity contribution < 1.29 is 0 Å². The minimum absolute atomic E-state index is 0.340. The maximum Gasteiger partial charge on any atom is 0.158 e. The van der Waals surface area contributed by atoms with Crippen LogP contribution in [0.15, 0.2) is 18.5 Å². The first-order chi connectivity index (χ1) is 9.65. The average molecular weight is 274 g/mol. The van der Waals surface area contributed by atoms with E-state index in [0.29, 0.717) is 12.1 Å². The van der Waals surface area contributed by atoms with E-state index in [1.165, 1.54) is 25.7 Å². The number of anilines is 1. The lowest BCUT2D eigenvalue weighted by Gasteiger charge is -2.18. The molecule has 0 amide bonds. The van der Waals surface area contributed by atoms with Gasteiger partial charge in [-0.2, -0.15) is 5.10 Å². The highest BCUT2D eigenvalue weighted by Crippen LogP contribution is 2.20. The minimum Gasteiger partial charge on any atom is -0.381 e. The van der Waals surface area contributed by atoms with Gasteiger partial charge in [0, 0.05) is 17.5 Å². The van der Waals surface area contributed by atoms with Crippen molar-refractivity contribution >= 4 is 16.7 Å². The summed E-state index contributed by atoms with van der Waals surface area (Å²) >= 11 is 0. The molecular formula is C16H26N4. The Kier molecular flexibility index (Phi) is 4.99. The Morgan fingerprint density at radius 3 is 2.45 bits per heavy atom. The normalized spacial score (nSPS) is 11.7. The van der Waals surface area contributed by atoms with Crippen molar-refractivity contribution in [2.75, 3.05) is 5.32 Å². The summed E-state index contributed by atoms with van der Waals surface area (Å²) in [6.07, 6.45) is 8.66. The summed E-state index contributed by atoms with van der Waals surface area (Å²) in [5.74, 6) is 0. The van der Waals surface area contributed by atoms with E-state index in [4.69, 9.17) is 0 Å². The number of fused-ring (bicyclic) bond motifs is 1. The van der Waals surface area contributed by atoms with Crippen molar-refractivity contribution in [2.45, 2.75) is 65.5 Å². The summed E-state index contributed by atoms with van der Waals surface area (Å²) in [4.78, 5) is 4.57. The lowest BCUT2D eigenvalue weighted by molar-refractivity contribution is 0.546. The van der Waals surface area contributed by atoms with Crippen molar-refractivity contribution in [2.24, 2.45) is 0 Å². The average Bonchev–Trinajstić information content (AvgIpc) is 2.82. The topological polar surface area (TPSA) is 42.7 Å². The van der Waals surface area contributed by atoms with Gasteiger partial charge in [-0.05, 0) is 32.8 Å². The second-order valence-electron chi connectivity index (χ2n) is 5.74. The molecule has 0 aliphatic carbocycles. The Morgan fingerprint density at radius 1 is 1.15 bits per heavy atom. The molecule has 0 aliphatic heterocycles. The molecule has 0 radical (unpaired) electrons. The van der Waals surface area contributed by atoms with Crippen LogP contribution in [0.1, 0.15) is 59.4 Å². The number of hydrogen-bond acceptors (Lipinski definition) is 3. The van der Waals surface area contributed by atoms with Crippen molar-refractivity contribution in [3.8, 4) is 0 Å². The monoisotopic (exact) mass is 274 g/mol. The molecule has 0 aliphatic rings. The van der Waals surface area contributed by atoms with Crippen LogP contribution in [-0.4, -0.2) is 20.8 Å². The van der Waals surface area contributed by atoms with Gasteiger partial charge in [-0.25, -0.2) is 9.67 Å². The Labute approximate surface area is 121 Å². The van der Waals surface area contributed by atoms with E-state index in [2.05, 4.69) is 49.2 Å². The van der Waals surface area contributed by atoms with E-state index in [0.717, 1.165) is 16.7 Å². The van der Waals surface area contributed by atoms with Crippen LogP contribution in [0.25, 0.3) is 11.0 Å². The highest BCUT2D eigenvalue weighted by atomic mass is 15.3. The van der Waals surface area contributed by atoms with Gasteiger partial charge in [0.15, 0.2) is 5.65 Å². The Balaban J connectivity index is 2.19. The summed E-state index contributed by atoms with van der Waals surface area (Å²) in [5.41, 5.74) is 2.07. The summed E-state index contributed by atoms with van der Waals surface area (Å²) < 4.78 is 1.97. The zero-order valence-electron chi connectivity index (χ0n) is 13.1. The third-order valence-electron chi connectivity index (χ3n) is 3.57. The molecule has 1 N–H and O–H groups in total. The molecule has 4 nitrogen and oxygen atoms in total. The van der Waals surface area contributed by atoms with Crippen LogP contribution < -0.4 is 5.32 Å². The van der Waals surface area contributed by atoms with E-state index in [-0.39, 0.29) is 0 Å². The molecule has 20 heavy (non-hydrogen) atoms. The highest BCUT2D eigenvalue weighted by molar-refractivity contribution is 5.78. The van der Waals surface area contributed by atoms with Crippen molar-refractivity contribution in [3.63, 3.8) is 0 Å². The van der Waals surface area contributed by atoms with Crippen molar-refractivity contribution in [1.29, 1.82) is 0 Å². The highest BCUT2D eigenvalue weighted by Gasteiger charge is 2.10. The number of rotatable bonds is 7. The maximum atomic E-state index is 4.57. The van der Waals surface area contributed by atoms with Gasteiger partial charge in [0.1, 0.15) is 0 Å². The number of aromatic nitrogens is 3. The smallest absolute Gasteiger partial charge is 0.158 e. The van der Waals surface area contributed by atoms with Gasteiger partial charge in [-0.3, -0.25) is 0 Å². The fraction of sp³-hybridized carbons (Fsp3) is 0.625. The summed E-state index contributed by atoms with van der Waals surface area (Å²) in [5, 5.41) is 9.13. The second-order valence-corrected chi connectivity index (χ2v) is 5.74. The van der Waals surface area contributed by atoms with E-state index < -0.39 is 0 Å². The van der Waals surface area contributed by atoms with Crippen LogP contribution in [0.3, 0.4) is 0 Å². The standard InChI is InChI=1S/C16H26N4/c1-5-7-14(8-6-2)19-15-9-13-10-18-20(12(3)4)16(13)17-11-15/h9-12,14,19H,5-8H2,1-4H3. The van der Waals surface area contributed by atoms with Crippen LogP contribution in [0.2, 0.25) is 0 Å². The van der Waals surface area contributed by atoms with Gasteiger partial charge in [0.25, 0.3) is 0 Å². The van der Waals surface area contributed by atoms with E-state index >= 15 is 0 Å². The molecule has 0 atom stereocenters. The van der Waals surface area contributed by atoms with E-state index in [1.54, 1.807) is 0 Å². The number of pyridine rings is 1. The van der Waals surface area contributed by atoms with E-state index in [1.807, 2.05) is 17.1 Å². The van der Waals surface area contributed by atoms with Crippen LogP contribution in [0.5, 0.6) is 0 Å². The lowest BCUT2D eigenvalue weighted by atomic mass is 10.1. The van der Waals surface area contributed by atoms with Crippen molar-refractivity contribution in [3.05, 3.63) is 18.5 Å². The van der Waals surface area contributed by atoms with Crippen LogP contribution in [0, 0.1) is 0 Å². The molecule has 2 aromatic heterocycles. The summed E-state index contributed by atoms with van der Waals surface area (Å²) in [6, 6.07) is 3.04. The molecule has 0 fully saturated rings. The minimum atomic E-state index is 0.340. The second kappa shape index (κ2) is 6.73. The molecule has 2 heterocycles. The Bertz CT molecular complexity index is 538. The zero-order valence-corrected chi connectivity index (χ0v) is 13.1. The molecule has 4 heteroatoms. The quantitative estimate of drug-likeness (QED) is 0.814. The predicted molar refractivity (Wildman–Crippen MR) is 85.1 cm³/mol. The molecule has 0 aromatic carbocycles. The first-order valence-electron chi connectivity index (χ1n) is 7.75.